The summed E-state index contributed by atoms with van der Waals surface area (Å²) in [6, 6.07) is 25.0. The molecule has 4 heteroatoms. The van der Waals surface area contributed by atoms with E-state index >= 15 is 0 Å². The van der Waals surface area contributed by atoms with Crippen LogP contribution in [0, 0.1) is 0 Å². The Morgan fingerprint density at radius 2 is 0.545 bits per heavy atom. The van der Waals surface area contributed by atoms with Crippen molar-refractivity contribution in [3.8, 4) is 17.2 Å². The minimum absolute atomic E-state index is 0. The van der Waals surface area contributed by atoms with Gasteiger partial charge in [0.15, 0.2) is 0 Å². The first-order valence-electron chi connectivity index (χ1n) is 6.34. The van der Waals surface area contributed by atoms with E-state index in [1.807, 2.05) is 18.2 Å². The molecule has 0 bridgehead atoms. The number of benzene rings is 3. The minimum atomic E-state index is 0. The molecule has 0 N–H and O–H groups in total. The van der Waals surface area contributed by atoms with Crippen molar-refractivity contribution >= 4 is 0 Å². The predicted octanol–water partition coefficient (Wildman–Crippen LogP) is 2.28. The fourth-order valence-electron chi connectivity index (χ4n) is 1.26. The van der Waals surface area contributed by atoms with Crippen LogP contribution in [0.25, 0.3) is 0 Å². The van der Waals surface area contributed by atoms with Crippen LogP contribution in [-0.4, -0.2) is 0 Å². The van der Waals surface area contributed by atoms with E-state index in [1.54, 1.807) is 36.4 Å². The van der Waals surface area contributed by atoms with Crippen molar-refractivity contribution in [3.05, 3.63) is 91.0 Å². The summed E-state index contributed by atoms with van der Waals surface area (Å²) in [5.41, 5.74) is 0. The van der Waals surface area contributed by atoms with Crippen LogP contribution in [0.3, 0.4) is 0 Å². The first-order valence-corrected chi connectivity index (χ1v) is 6.34. The summed E-state index contributed by atoms with van der Waals surface area (Å²) in [7, 11) is 0. The van der Waals surface area contributed by atoms with Crippen LogP contribution in [0.5, 0.6) is 17.2 Å². The van der Waals surface area contributed by atoms with Gasteiger partial charge in [-0.15, -0.1) is 17.2 Å². The third-order valence-corrected chi connectivity index (χ3v) is 2.23. The van der Waals surface area contributed by atoms with Crippen molar-refractivity contribution in [2.45, 2.75) is 0 Å². The van der Waals surface area contributed by atoms with E-state index < -0.39 is 0 Å². The summed E-state index contributed by atoms with van der Waals surface area (Å²) in [5, 5.41) is 30.8. The summed E-state index contributed by atoms with van der Waals surface area (Å²) in [6.07, 6.45) is 0. The van der Waals surface area contributed by atoms with Crippen molar-refractivity contribution < 1.29 is 34.8 Å². The van der Waals surface area contributed by atoms with Crippen LogP contribution in [0.15, 0.2) is 91.0 Å². The second-order valence-corrected chi connectivity index (χ2v) is 3.94. The van der Waals surface area contributed by atoms with Crippen LogP contribution in [-0.2, 0) is 19.5 Å². The molecule has 113 valence electrons. The quantitative estimate of drug-likeness (QED) is 0.562. The molecule has 1 radical (unpaired) electrons. The largest absolute Gasteiger partial charge is 3.00 e. The van der Waals surface area contributed by atoms with E-state index in [0.717, 1.165) is 0 Å². The van der Waals surface area contributed by atoms with Gasteiger partial charge in [-0.05, 0) is 0 Å². The Morgan fingerprint density at radius 1 is 0.364 bits per heavy atom. The molecule has 0 aromatic heterocycles. The van der Waals surface area contributed by atoms with E-state index in [4.69, 9.17) is 0 Å². The van der Waals surface area contributed by atoms with Crippen LogP contribution in [0.4, 0.5) is 0 Å². The molecule has 3 aromatic rings. The Labute approximate surface area is 143 Å². The van der Waals surface area contributed by atoms with Crippen LogP contribution in [0.2, 0.25) is 0 Å². The summed E-state index contributed by atoms with van der Waals surface area (Å²) < 4.78 is 0. The molecule has 0 amide bonds. The topological polar surface area (TPSA) is 69.2 Å². The molecule has 3 aromatic carbocycles. The van der Waals surface area contributed by atoms with Gasteiger partial charge in [-0.2, -0.15) is 0 Å². The molecule has 0 heterocycles. The summed E-state index contributed by atoms with van der Waals surface area (Å²) in [5.74, 6) is 0.215. The van der Waals surface area contributed by atoms with E-state index in [1.165, 1.54) is 36.4 Å². The average Bonchev–Trinajstić information content (AvgIpc) is 2.51. The molecule has 3 nitrogen and oxygen atoms in total. The van der Waals surface area contributed by atoms with Crippen molar-refractivity contribution in [3.63, 3.8) is 0 Å². The molecule has 0 saturated carbocycles. The first-order chi connectivity index (χ1) is 10.2. The molecule has 0 aliphatic rings. The maximum atomic E-state index is 10.3. The van der Waals surface area contributed by atoms with E-state index in [2.05, 4.69) is 0 Å². The van der Waals surface area contributed by atoms with Gasteiger partial charge in [-0.25, -0.2) is 0 Å². The average molecular weight is 380 g/mol. The number of rotatable bonds is 0. The van der Waals surface area contributed by atoms with E-state index in [0.29, 0.717) is 0 Å². The molecule has 0 unspecified atom stereocenters. The van der Waals surface area contributed by atoms with Gasteiger partial charge in [0.1, 0.15) is 0 Å². The van der Waals surface area contributed by atoms with Gasteiger partial charge in [0.05, 0.1) is 0 Å². The Morgan fingerprint density at radius 3 is 0.636 bits per heavy atom. The maximum absolute atomic E-state index is 10.3. The van der Waals surface area contributed by atoms with Crippen LogP contribution < -0.4 is 15.3 Å². The smallest absolute Gasteiger partial charge is 0.872 e. The monoisotopic (exact) mass is 381 g/mol. The number of hydrogen-bond donors (Lipinski definition) is 0. The van der Waals surface area contributed by atoms with Gasteiger partial charge in [-0.1, -0.05) is 91.0 Å². The summed E-state index contributed by atoms with van der Waals surface area (Å²) in [6.45, 7) is 0. The van der Waals surface area contributed by atoms with Gasteiger partial charge < -0.3 is 15.3 Å². The SMILES string of the molecule is [O-]c1ccccc1.[O-]c1ccccc1.[O-]c1ccccc1.[Ru+3]. The minimum Gasteiger partial charge on any atom is -0.872 e. The van der Waals surface area contributed by atoms with Crippen molar-refractivity contribution in [2.24, 2.45) is 0 Å². The fourth-order valence-corrected chi connectivity index (χ4v) is 1.26. The predicted molar refractivity (Wildman–Crippen MR) is 77.7 cm³/mol. The molecule has 22 heavy (non-hydrogen) atoms. The van der Waals surface area contributed by atoms with E-state index in [-0.39, 0.29) is 36.7 Å². The Hall–Kier alpha value is -2.32. The standard InChI is InChI=1S/3C6H6O.Ru/c3*7-6-4-2-1-3-5-6;/h3*1-5,7H;/q;;;+3/p-3. The van der Waals surface area contributed by atoms with Crippen molar-refractivity contribution in [1.29, 1.82) is 0 Å². The molecular weight excluding hydrogens is 365 g/mol. The van der Waals surface area contributed by atoms with Gasteiger partial charge in [0.2, 0.25) is 0 Å². The second kappa shape index (κ2) is 12.4. The van der Waals surface area contributed by atoms with Crippen molar-refractivity contribution in [2.75, 3.05) is 0 Å². The van der Waals surface area contributed by atoms with Gasteiger partial charge in [-0.3, -0.25) is 0 Å². The number of para-hydroxylation sites is 3. The maximum Gasteiger partial charge on any atom is 3.00 e. The summed E-state index contributed by atoms with van der Waals surface area (Å²) >= 11 is 0. The van der Waals surface area contributed by atoms with Crippen molar-refractivity contribution in [1.82, 2.24) is 0 Å². The Kier molecular flexibility index (Phi) is 11.1. The first kappa shape index (κ1) is 19.7. The third kappa shape index (κ3) is 10.5. The molecule has 0 fully saturated rings. The van der Waals surface area contributed by atoms with Gasteiger partial charge >= 0.3 is 19.5 Å². The molecule has 0 spiro atoms. The van der Waals surface area contributed by atoms with Gasteiger partial charge in [0, 0.05) is 0 Å². The zero-order valence-electron chi connectivity index (χ0n) is 11.7. The van der Waals surface area contributed by atoms with Gasteiger partial charge in [0.25, 0.3) is 0 Å². The van der Waals surface area contributed by atoms with Crippen LogP contribution in [0.1, 0.15) is 0 Å². The second-order valence-electron chi connectivity index (χ2n) is 3.94. The Bertz CT molecular complexity index is 497. The zero-order chi connectivity index (χ0) is 15.3. The molecule has 0 saturated heterocycles. The molecule has 0 aliphatic heterocycles. The molecule has 0 aliphatic carbocycles. The molecular formula is C18H15O3Ru. The fraction of sp³-hybridized carbons (Fsp3) is 0. The van der Waals surface area contributed by atoms with Crippen LogP contribution >= 0.6 is 0 Å². The Balaban J connectivity index is 0.000000294. The molecule has 3 rings (SSSR count). The zero-order valence-corrected chi connectivity index (χ0v) is 13.5. The summed E-state index contributed by atoms with van der Waals surface area (Å²) in [4.78, 5) is 0. The molecule has 0 atom stereocenters. The normalized spacial score (nSPS) is 8.18. The third-order valence-electron chi connectivity index (χ3n) is 2.23. The number of hydrogen-bond acceptors (Lipinski definition) is 3. The van der Waals surface area contributed by atoms with E-state index in [9.17, 15) is 15.3 Å².